The van der Waals surface area contributed by atoms with Crippen LogP contribution in [0.5, 0.6) is 23.0 Å². The minimum atomic E-state index is -0.181. The smallest absolute Gasteiger partial charge is 1.00 e. The Bertz CT molecular complexity index is 3160. The topological polar surface area (TPSA) is 252 Å². The van der Waals surface area contributed by atoms with Gasteiger partial charge in [0.1, 0.15) is 39.9 Å². The number of methoxy groups -OCH3 is 2. The number of benzene rings is 4. The number of carbonyl (C=O) groups excluding carboxylic acids is 3. The zero-order valence-corrected chi connectivity index (χ0v) is 67.3. The number of ether oxygens (including phenoxy) is 3. The van der Waals surface area contributed by atoms with Crippen LogP contribution in [0.15, 0.2) is 152 Å². The van der Waals surface area contributed by atoms with Crippen molar-refractivity contribution in [3.05, 3.63) is 190 Å². The number of rotatable bonds is 7. The SMILES string of the molecule is BrB(Br)Br.COCC(C)=O.COc1cc2ccccc2nc1C.Cc1nc2ccccc2cc1O.Cc1nc2ccccc2cc1Oc1ccnc(Cl)c1.Clc1ccnc(Cl)c1.Nc1ccccc1C=O.O=CO[O-].[Cs+].[Cs+].[H-].[K+].[OH-]. The number of fused-ring (bicyclic) bond motifs is 3. The van der Waals surface area contributed by atoms with Crippen LogP contribution in [0.3, 0.4) is 0 Å². The van der Waals surface area contributed by atoms with Gasteiger partial charge in [-0.1, -0.05) is 102 Å². The molecule has 5 aromatic heterocycles. The van der Waals surface area contributed by atoms with Gasteiger partial charge >= 0.3 is 192 Å². The van der Waals surface area contributed by atoms with Gasteiger partial charge in [-0.3, -0.25) is 14.4 Å². The summed E-state index contributed by atoms with van der Waals surface area (Å²) in [6.07, 6.45) is 3.92. The Morgan fingerprint density at radius 2 is 1.10 bits per heavy atom. The number of nitrogen functional groups attached to an aromatic ring is 1. The van der Waals surface area contributed by atoms with E-state index in [1.165, 1.54) is 14.0 Å². The Hall–Kier alpha value is -0.585. The fourth-order valence-electron chi connectivity index (χ4n) is 5.67. The number of ketones is 1. The van der Waals surface area contributed by atoms with Gasteiger partial charge in [-0.15, -0.1) is 47.3 Å². The molecule has 0 bridgehead atoms. The third-order valence-electron chi connectivity index (χ3n) is 8.97. The maximum Gasteiger partial charge on any atom is 1.00 e. The quantitative estimate of drug-likeness (QED) is 0.0560. The molecule has 4 aromatic carbocycles. The largest absolute Gasteiger partial charge is 1.00 e. The Morgan fingerprint density at radius 3 is 1.48 bits per heavy atom. The van der Waals surface area contributed by atoms with Crippen LogP contribution in [0.4, 0.5) is 5.69 Å². The number of aromatic nitrogens is 5. The molecular weight excluding hydrogens is 1540 g/mol. The van der Waals surface area contributed by atoms with E-state index >= 15 is 0 Å². The molecule has 26 heteroatoms. The van der Waals surface area contributed by atoms with Crippen LogP contribution >= 0.6 is 82.1 Å². The summed E-state index contributed by atoms with van der Waals surface area (Å²) in [5.74, 6) is 2.55. The van der Waals surface area contributed by atoms with Gasteiger partial charge in [-0.2, -0.15) is 0 Å². The van der Waals surface area contributed by atoms with Crippen molar-refractivity contribution in [1.29, 1.82) is 0 Å². The van der Waals surface area contributed by atoms with Crippen molar-refractivity contribution in [3.63, 3.8) is 0 Å². The van der Waals surface area contributed by atoms with Gasteiger partial charge in [0.05, 0.1) is 40.7 Å². The summed E-state index contributed by atoms with van der Waals surface area (Å²) in [5, 5.41) is 22.4. The summed E-state index contributed by atoms with van der Waals surface area (Å²) < 4.78 is 15.7. The van der Waals surface area contributed by atoms with Crippen molar-refractivity contribution < 1.29 is 240 Å². The van der Waals surface area contributed by atoms with E-state index in [2.05, 4.69) is 81.8 Å². The van der Waals surface area contributed by atoms with Gasteiger partial charge in [0.25, 0.3) is 6.47 Å². The molecule has 0 spiro atoms. The van der Waals surface area contributed by atoms with E-state index in [1.54, 1.807) is 81.0 Å². The first kappa shape index (κ1) is 82.6. The van der Waals surface area contributed by atoms with Crippen molar-refractivity contribution in [2.75, 3.05) is 26.6 Å². The monoisotopic (exact) mass is 1590 g/mol. The fourth-order valence-corrected chi connectivity index (χ4v) is 6.23. The first-order chi connectivity index (χ1) is 35.8. The summed E-state index contributed by atoms with van der Waals surface area (Å²) in [6, 6.07) is 43.1. The Balaban J connectivity index is -0.000000429. The van der Waals surface area contributed by atoms with Crippen molar-refractivity contribution in [2.24, 2.45) is 0 Å². The van der Waals surface area contributed by atoms with Crippen LogP contribution < -0.4 is 210 Å². The number of anilines is 1. The number of Topliss-reactive ketones (excluding diaryl/α,β-unsaturated/α-hetero) is 1. The summed E-state index contributed by atoms with van der Waals surface area (Å²) in [6.45, 7) is 7.21. The molecule has 4 N–H and O–H groups in total. The van der Waals surface area contributed by atoms with Crippen LogP contribution in [0.25, 0.3) is 32.7 Å². The van der Waals surface area contributed by atoms with Crippen LogP contribution in [0, 0.1) is 20.8 Å². The predicted molar refractivity (Wildman–Crippen MR) is 313 cm³/mol. The molecule has 0 saturated carbocycles. The summed E-state index contributed by atoms with van der Waals surface area (Å²) in [5.41, 5.74) is 11.8. The van der Waals surface area contributed by atoms with E-state index in [0.717, 1.165) is 61.9 Å². The maximum atomic E-state index is 10.1. The Morgan fingerprint density at radius 1 is 0.684 bits per heavy atom. The van der Waals surface area contributed by atoms with Crippen molar-refractivity contribution in [3.8, 4) is 23.0 Å². The summed E-state index contributed by atoms with van der Waals surface area (Å²) >= 11 is 26.1. The van der Waals surface area contributed by atoms with E-state index in [1.807, 2.05) is 98.8 Å². The number of pyridine rings is 5. The molecule has 5 heterocycles. The van der Waals surface area contributed by atoms with E-state index in [-0.39, 0.29) is 224 Å². The standard InChI is InChI=1S/C15H11ClN2O.C11H11NO.C10H9NO.C7H7NO.C5H3Cl2N.C4H8O2.CH2O3.BBr3.2Cs.K.H2O.H/c1-10-14(19-12-6-7-17-15(16)9-12)8-11-4-2-3-5-13(11)18-10;1-8-11(13-2)7-9-5-3-4-6-10(9)12-8;1-7-10(12)6-8-4-2-3-5-9(8)11-7;8-7-4-2-1-3-6(7)5-9;6-4-1-2-8-5(7)3-4;1-4(5)3-6-2;2-1-4-3;2-1(3)4;;;;;/h2-9H,1H3;3-7H,1-2H3;2-6,12H,1H3;1-5H,8H2;1-3H;3H2,1-2H3;1,3H;;;;;1H2;/q;;;;;;;;3*+1;;-1/p-2. The predicted octanol–water partition coefficient (Wildman–Crippen LogP) is 4.41. The van der Waals surface area contributed by atoms with E-state index in [9.17, 15) is 14.7 Å². The average molecular weight is 1590 g/mol. The molecule has 0 fully saturated rings. The summed E-state index contributed by atoms with van der Waals surface area (Å²) in [4.78, 5) is 52.1. The molecule has 9 aromatic rings. The molecule has 0 radical (unpaired) electrons. The van der Waals surface area contributed by atoms with Crippen LogP contribution in [-0.4, -0.2) is 78.1 Å². The van der Waals surface area contributed by atoms with Crippen LogP contribution in [-0.2, 0) is 19.2 Å². The van der Waals surface area contributed by atoms with Gasteiger partial charge in [0.15, 0.2) is 12.1 Å². The van der Waals surface area contributed by atoms with Crippen LogP contribution in [0.2, 0.25) is 15.3 Å². The number of carbonyl (C=O) groups is 3. The number of hydrogen-bond donors (Lipinski definition) is 2. The van der Waals surface area contributed by atoms with Crippen LogP contribution in [0.1, 0.15) is 35.8 Å². The number of aromatic hydroxyl groups is 1. The number of nitrogens with zero attached hydrogens (tertiary/aromatic N) is 5. The van der Waals surface area contributed by atoms with E-state index < -0.39 is 0 Å². The van der Waals surface area contributed by atoms with E-state index in [4.69, 9.17) is 60.1 Å². The molecule has 402 valence electrons. The van der Waals surface area contributed by atoms with Crippen molar-refractivity contribution in [1.82, 2.24) is 24.9 Å². The van der Waals surface area contributed by atoms with Crippen molar-refractivity contribution >= 4 is 142 Å². The fraction of sp³-hybridized carbons (Fsp3) is 0.132. The number of aldehydes is 1. The first-order valence-corrected chi connectivity index (χ1v) is 25.5. The molecule has 0 amide bonds. The zero-order chi connectivity index (χ0) is 55.7. The molecule has 0 aliphatic heterocycles. The van der Waals surface area contributed by atoms with Crippen molar-refractivity contribution in [2.45, 2.75) is 27.7 Å². The zero-order valence-electron chi connectivity index (χ0n) is 45.6. The maximum absolute atomic E-state index is 10.1. The minimum Gasteiger partial charge on any atom is -1.00 e. The molecule has 9 rings (SSSR count). The molecule has 0 unspecified atom stereocenters. The average Bonchev–Trinajstić information content (AvgIpc) is 3.38. The van der Waals surface area contributed by atoms with Gasteiger partial charge in [0.2, 0.25) is 0 Å². The van der Waals surface area contributed by atoms with E-state index in [0.29, 0.717) is 38.0 Å². The molecular formula is C53H52BBr3Cl3Cs2KN6O10. The number of nitrogens with two attached hydrogens (primary N) is 1. The number of hydrogen-bond acceptors (Lipinski definition) is 16. The Labute approximate surface area is 661 Å². The third-order valence-corrected chi connectivity index (χ3v) is 9.62. The first-order valence-electron chi connectivity index (χ1n) is 21.7. The normalized spacial score (nSPS) is 9.03. The van der Waals surface area contributed by atoms with Gasteiger partial charge < -0.3 is 42.1 Å². The summed E-state index contributed by atoms with van der Waals surface area (Å²) in [7, 11) is 3.17. The third kappa shape index (κ3) is 35.5. The van der Waals surface area contributed by atoms with Gasteiger partial charge in [-0.05, 0) is 94.4 Å². The number of aryl methyl sites for hydroxylation is 3. The molecule has 0 saturated heterocycles. The second-order valence-electron chi connectivity index (χ2n) is 14.6. The van der Waals surface area contributed by atoms with Gasteiger partial charge in [-0.25, -0.2) is 24.9 Å². The molecule has 16 nitrogen and oxygen atoms in total. The molecule has 79 heavy (non-hydrogen) atoms. The Kier molecular flexibility index (Phi) is 50.9. The number of halogens is 6. The second kappa shape index (κ2) is 48.6. The molecule has 0 aliphatic carbocycles. The minimum absolute atomic E-state index is 0. The number of para-hydroxylation sites is 4. The molecule has 0 aliphatic rings. The molecule has 0 atom stereocenters. The van der Waals surface area contributed by atoms with Gasteiger partial charge in [0, 0.05) is 58.0 Å². The second-order valence-corrected chi connectivity index (χ2v) is 22.2.